The Labute approximate surface area is 114 Å². The summed E-state index contributed by atoms with van der Waals surface area (Å²) in [5.74, 6) is 0. The molecule has 0 aliphatic rings. The molecule has 0 aliphatic heterocycles. The van der Waals surface area contributed by atoms with E-state index in [2.05, 4.69) is 13.0 Å². The number of rotatable bonds is 4. The van der Waals surface area contributed by atoms with E-state index in [1.54, 1.807) is 7.11 Å². The first kappa shape index (κ1) is 13.8. The largest absolute Gasteiger partial charge is 0.381 e. The van der Waals surface area contributed by atoms with Gasteiger partial charge in [-0.2, -0.15) is 0 Å². The third-order valence-corrected chi connectivity index (χ3v) is 3.43. The van der Waals surface area contributed by atoms with E-state index < -0.39 is 5.60 Å². The van der Waals surface area contributed by atoms with Crippen LogP contribution < -0.4 is 0 Å². The van der Waals surface area contributed by atoms with E-state index in [9.17, 15) is 5.11 Å². The van der Waals surface area contributed by atoms with Crippen LogP contribution >= 0.6 is 0 Å². The summed E-state index contributed by atoms with van der Waals surface area (Å²) in [5, 5.41) is 11.1. The first-order valence-corrected chi connectivity index (χ1v) is 6.42. The van der Waals surface area contributed by atoms with Gasteiger partial charge in [0.15, 0.2) is 0 Å². The molecule has 0 aromatic heterocycles. The second-order valence-corrected chi connectivity index (χ2v) is 4.98. The summed E-state index contributed by atoms with van der Waals surface area (Å²) in [6.07, 6.45) is 0. The molecule has 0 saturated heterocycles. The Morgan fingerprint density at radius 1 is 1.05 bits per heavy atom. The predicted octanol–water partition coefficient (Wildman–Crippen LogP) is 3.19. The average molecular weight is 256 g/mol. The van der Waals surface area contributed by atoms with E-state index in [1.807, 2.05) is 49.4 Å². The van der Waals surface area contributed by atoms with Gasteiger partial charge in [0.2, 0.25) is 0 Å². The number of hydrogen-bond donors (Lipinski definition) is 1. The topological polar surface area (TPSA) is 29.5 Å². The fourth-order valence-corrected chi connectivity index (χ4v) is 2.52. The molecule has 1 atom stereocenters. The molecule has 0 aliphatic carbocycles. The van der Waals surface area contributed by atoms with Gasteiger partial charge >= 0.3 is 0 Å². The van der Waals surface area contributed by atoms with E-state index in [0.717, 1.165) is 16.7 Å². The minimum absolute atomic E-state index is 0.237. The Kier molecular flexibility index (Phi) is 4.03. The minimum Gasteiger partial charge on any atom is -0.381 e. The molecule has 0 spiro atoms. The Balaban J connectivity index is 2.56. The molecule has 2 rings (SSSR count). The molecule has 0 fully saturated rings. The van der Waals surface area contributed by atoms with Crippen LogP contribution in [0.25, 0.3) is 0 Å². The number of aryl methyl sites for hydroxylation is 2. The van der Waals surface area contributed by atoms with E-state index in [4.69, 9.17) is 4.74 Å². The van der Waals surface area contributed by atoms with Crippen molar-refractivity contribution in [3.8, 4) is 0 Å². The lowest BCUT2D eigenvalue weighted by Crippen LogP contribution is -2.33. The molecule has 0 heterocycles. The molecule has 2 aromatic carbocycles. The first-order chi connectivity index (χ1) is 9.08. The van der Waals surface area contributed by atoms with Crippen LogP contribution in [-0.4, -0.2) is 18.8 Å². The van der Waals surface area contributed by atoms with Gasteiger partial charge in [-0.15, -0.1) is 0 Å². The normalized spacial score (nSPS) is 14.1. The van der Waals surface area contributed by atoms with Crippen LogP contribution in [0, 0.1) is 13.8 Å². The van der Waals surface area contributed by atoms with Crippen molar-refractivity contribution in [2.24, 2.45) is 0 Å². The highest BCUT2D eigenvalue weighted by molar-refractivity contribution is 5.42. The second-order valence-electron chi connectivity index (χ2n) is 4.98. The lowest BCUT2D eigenvalue weighted by atomic mass is 9.84. The van der Waals surface area contributed by atoms with Gasteiger partial charge in [0.05, 0.1) is 6.61 Å². The van der Waals surface area contributed by atoms with E-state index >= 15 is 0 Å². The standard InChI is InChI=1S/C17H20O2/c1-13-9-10-16(14(2)11-13)17(18,12-19-3)15-7-5-4-6-8-15/h4-11,18H,12H2,1-3H3. The molecule has 19 heavy (non-hydrogen) atoms. The van der Waals surface area contributed by atoms with Crippen LogP contribution in [-0.2, 0) is 10.3 Å². The lowest BCUT2D eigenvalue weighted by Gasteiger charge is -2.30. The fourth-order valence-electron chi connectivity index (χ4n) is 2.52. The van der Waals surface area contributed by atoms with Gasteiger partial charge in [-0.25, -0.2) is 0 Å². The molecule has 1 unspecified atom stereocenters. The molecule has 100 valence electrons. The number of benzene rings is 2. The zero-order chi connectivity index (χ0) is 13.9. The van der Waals surface area contributed by atoms with Crippen LogP contribution in [0.1, 0.15) is 22.3 Å². The van der Waals surface area contributed by atoms with Crippen molar-refractivity contribution in [3.63, 3.8) is 0 Å². The van der Waals surface area contributed by atoms with Crippen LogP contribution in [0.15, 0.2) is 48.5 Å². The molecule has 0 amide bonds. The van der Waals surface area contributed by atoms with Gasteiger partial charge in [-0.05, 0) is 30.5 Å². The second kappa shape index (κ2) is 5.55. The summed E-state index contributed by atoms with van der Waals surface area (Å²) in [7, 11) is 1.61. The van der Waals surface area contributed by atoms with Crippen LogP contribution in [0.2, 0.25) is 0 Å². The van der Waals surface area contributed by atoms with Gasteiger partial charge in [0, 0.05) is 7.11 Å². The first-order valence-electron chi connectivity index (χ1n) is 6.42. The molecule has 2 aromatic rings. The summed E-state index contributed by atoms with van der Waals surface area (Å²) in [4.78, 5) is 0. The zero-order valence-corrected chi connectivity index (χ0v) is 11.7. The molecular formula is C17H20O2. The lowest BCUT2D eigenvalue weighted by molar-refractivity contribution is -0.00371. The van der Waals surface area contributed by atoms with Gasteiger partial charge in [0.1, 0.15) is 5.60 Å². The van der Waals surface area contributed by atoms with Crippen molar-refractivity contribution in [2.45, 2.75) is 19.4 Å². The van der Waals surface area contributed by atoms with Gasteiger partial charge < -0.3 is 9.84 Å². The highest BCUT2D eigenvalue weighted by Crippen LogP contribution is 2.32. The summed E-state index contributed by atoms with van der Waals surface area (Å²) in [5.41, 5.74) is 2.90. The third kappa shape index (κ3) is 2.70. The quantitative estimate of drug-likeness (QED) is 0.910. The van der Waals surface area contributed by atoms with Crippen molar-refractivity contribution >= 4 is 0 Å². The van der Waals surface area contributed by atoms with Crippen molar-refractivity contribution in [2.75, 3.05) is 13.7 Å². The Bertz CT molecular complexity index is 548. The summed E-state index contributed by atoms with van der Waals surface area (Å²) >= 11 is 0. The maximum Gasteiger partial charge on any atom is 0.138 e. The molecule has 0 radical (unpaired) electrons. The van der Waals surface area contributed by atoms with Crippen molar-refractivity contribution in [3.05, 3.63) is 70.8 Å². The predicted molar refractivity (Wildman–Crippen MR) is 77.2 cm³/mol. The zero-order valence-electron chi connectivity index (χ0n) is 11.7. The molecule has 1 N–H and O–H groups in total. The Hall–Kier alpha value is -1.64. The average Bonchev–Trinajstić information content (AvgIpc) is 2.39. The Morgan fingerprint density at radius 2 is 1.74 bits per heavy atom. The summed E-state index contributed by atoms with van der Waals surface area (Å²) in [6, 6.07) is 15.7. The third-order valence-electron chi connectivity index (χ3n) is 3.43. The van der Waals surface area contributed by atoms with Crippen LogP contribution in [0.3, 0.4) is 0 Å². The van der Waals surface area contributed by atoms with E-state index in [0.29, 0.717) is 0 Å². The van der Waals surface area contributed by atoms with E-state index in [-0.39, 0.29) is 6.61 Å². The number of aliphatic hydroxyl groups is 1. The summed E-state index contributed by atoms with van der Waals surface area (Å²) in [6.45, 7) is 4.31. The van der Waals surface area contributed by atoms with Crippen LogP contribution in [0.5, 0.6) is 0 Å². The highest BCUT2D eigenvalue weighted by atomic mass is 16.5. The van der Waals surface area contributed by atoms with Crippen molar-refractivity contribution in [1.82, 2.24) is 0 Å². The smallest absolute Gasteiger partial charge is 0.138 e. The minimum atomic E-state index is -1.10. The number of hydrogen-bond acceptors (Lipinski definition) is 2. The van der Waals surface area contributed by atoms with Gasteiger partial charge in [0.25, 0.3) is 0 Å². The SMILES string of the molecule is COCC(O)(c1ccccc1)c1ccc(C)cc1C. The Morgan fingerprint density at radius 3 is 2.32 bits per heavy atom. The van der Waals surface area contributed by atoms with Crippen LogP contribution in [0.4, 0.5) is 0 Å². The molecule has 2 heteroatoms. The molecule has 2 nitrogen and oxygen atoms in total. The molecule has 0 saturated carbocycles. The number of methoxy groups -OCH3 is 1. The van der Waals surface area contributed by atoms with Gasteiger partial charge in [-0.3, -0.25) is 0 Å². The van der Waals surface area contributed by atoms with Gasteiger partial charge in [-0.1, -0.05) is 54.1 Å². The summed E-state index contributed by atoms with van der Waals surface area (Å²) < 4.78 is 5.25. The fraction of sp³-hybridized carbons (Fsp3) is 0.294. The monoisotopic (exact) mass is 256 g/mol. The maximum atomic E-state index is 11.1. The number of ether oxygens (including phenoxy) is 1. The maximum absolute atomic E-state index is 11.1. The molecular weight excluding hydrogens is 236 g/mol. The van der Waals surface area contributed by atoms with E-state index in [1.165, 1.54) is 5.56 Å². The highest BCUT2D eigenvalue weighted by Gasteiger charge is 2.32. The van der Waals surface area contributed by atoms with Crippen molar-refractivity contribution < 1.29 is 9.84 Å². The molecule has 0 bridgehead atoms. The van der Waals surface area contributed by atoms with Crippen molar-refractivity contribution in [1.29, 1.82) is 0 Å².